The molecule has 90 valence electrons. The summed E-state index contributed by atoms with van der Waals surface area (Å²) >= 11 is 0. The molecule has 1 aromatic carbocycles. The van der Waals surface area contributed by atoms with Crippen LogP contribution in [0.15, 0.2) is 30.7 Å². The normalized spacial score (nSPS) is 11.8. The van der Waals surface area contributed by atoms with E-state index in [4.69, 9.17) is 5.73 Å². The predicted molar refractivity (Wildman–Crippen MR) is 65.5 cm³/mol. The molecule has 0 amide bonds. The highest BCUT2D eigenvalue weighted by Crippen LogP contribution is 2.22. The summed E-state index contributed by atoms with van der Waals surface area (Å²) in [4.78, 5) is 4.04. The first kappa shape index (κ1) is 11.8. The SMILES string of the molecule is Cc1ccc(-n2cncc2C(C)(C)N)c(F)c1. The average molecular weight is 233 g/mol. The molecule has 0 spiro atoms. The van der Waals surface area contributed by atoms with Crippen LogP contribution in [0.5, 0.6) is 0 Å². The second-order valence-corrected chi connectivity index (χ2v) is 4.83. The molecule has 0 saturated carbocycles. The maximum absolute atomic E-state index is 13.9. The fourth-order valence-electron chi connectivity index (χ4n) is 1.77. The van der Waals surface area contributed by atoms with Gasteiger partial charge in [-0.2, -0.15) is 0 Å². The number of imidazole rings is 1. The average Bonchev–Trinajstić information content (AvgIpc) is 2.65. The van der Waals surface area contributed by atoms with E-state index >= 15 is 0 Å². The van der Waals surface area contributed by atoms with Crippen LogP contribution in [0, 0.1) is 12.7 Å². The van der Waals surface area contributed by atoms with Gasteiger partial charge in [0.05, 0.1) is 29.4 Å². The number of halogens is 1. The highest BCUT2D eigenvalue weighted by atomic mass is 19.1. The molecule has 1 aromatic heterocycles. The van der Waals surface area contributed by atoms with Crippen molar-refractivity contribution in [2.75, 3.05) is 0 Å². The number of rotatable bonds is 2. The van der Waals surface area contributed by atoms with Gasteiger partial charge in [0.2, 0.25) is 0 Å². The molecule has 2 N–H and O–H groups in total. The fourth-order valence-corrected chi connectivity index (χ4v) is 1.77. The zero-order valence-corrected chi connectivity index (χ0v) is 10.2. The number of hydrogen-bond donors (Lipinski definition) is 1. The van der Waals surface area contributed by atoms with E-state index in [0.717, 1.165) is 11.3 Å². The van der Waals surface area contributed by atoms with Crippen LogP contribution < -0.4 is 5.73 Å². The Labute approximate surface area is 100 Å². The Morgan fingerprint density at radius 2 is 2.06 bits per heavy atom. The Kier molecular flexibility index (Phi) is 2.75. The van der Waals surface area contributed by atoms with E-state index in [1.165, 1.54) is 6.07 Å². The lowest BCUT2D eigenvalue weighted by Gasteiger charge is -2.21. The van der Waals surface area contributed by atoms with Crippen molar-refractivity contribution in [3.8, 4) is 5.69 Å². The lowest BCUT2D eigenvalue weighted by Crippen LogP contribution is -2.31. The van der Waals surface area contributed by atoms with Crippen LogP contribution in [0.3, 0.4) is 0 Å². The number of nitrogens with two attached hydrogens (primary N) is 1. The number of aryl methyl sites for hydroxylation is 1. The topological polar surface area (TPSA) is 43.8 Å². The van der Waals surface area contributed by atoms with Gasteiger partial charge in [-0.05, 0) is 38.5 Å². The quantitative estimate of drug-likeness (QED) is 0.866. The molecule has 0 fully saturated rings. The van der Waals surface area contributed by atoms with E-state index in [9.17, 15) is 4.39 Å². The molecule has 0 saturated heterocycles. The van der Waals surface area contributed by atoms with E-state index in [0.29, 0.717) is 5.69 Å². The maximum Gasteiger partial charge on any atom is 0.147 e. The van der Waals surface area contributed by atoms with Crippen molar-refractivity contribution in [1.82, 2.24) is 9.55 Å². The van der Waals surface area contributed by atoms with E-state index in [1.54, 1.807) is 23.2 Å². The summed E-state index contributed by atoms with van der Waals surface area (Å²) in [6.45, 7) is 5.59. The molecule has 17 heavy (non-hydrogen) atoms. The molecule has 4 heteroatoms. The lowest BCUT2D eigenvalue weighted by atomic mass is 10.0. The van der Waals surface area contributed by atoms with Gasteiger partial charge in [-0.1, -0.05) is 6.07 Å². The molecule has 0 radical (unpaired) electrons. The molecule has 1 heterocycles. The predicted octanol–water partition coefficient (Wildman–Crippen LogP) is 2.51. The maximum atomic E-state index is 13.9. The monoisotopic (exact) mass is 233 g/mol. The summed E-state index contributed by atoms with van der Waals surface area (Å²) in [6.07, 6.45) is 3.25. The molecular formula is C13H16FN3. The highest BCUT2D eigenvalue weighted by molar-refractivity contribution is 5.38. The van der Waals surface area contributed by atoms with Gasteiger partial charge in [-0.15, -0.1) is 0 Å². The van der Waals surface area contributed by atoms with E-state index in [-0.39, 0.29) is 5.82 Å². The minimum Gasteiger partial charge on any atom is -0.321 e. The molecular weight excluding hydrogens is 217 g/mol. The van der Waals surface area contributed by atoms with Gasteiger partial charge in [-0.3, -0.25) is 4.57 Å². The zero-order chi connectivity index (χ0) is 12.6. The molecule has 0 bridgehead atoms. The van der Waals surface area contributed by atoms with Crippen LogP contribution in [0.4, 0.5) is 4.39 Å². The highest BCUT2D eigenvalue weighted by Gasteiger charge is 2.20. The van der Waals surface area contributed by atoms with Crippen LogP contribution in [0.1, 0.15) is 25.1 Å². The Hall–Kier alpha value is -1.68. The fraction of sp³-hybridized carbons (Fsp3) is 0.308. The first-order chi connectivity index (χ1) is 7.89. The van der Waals surface area contributed by atoms with Crippen LogP contribution >= 0.6 is 0 Å². The van der Waals surface area contributed by atoms with Gasteiger partial charge >= 0.3 is 0 Å². The summed E-state index contributed by atoms with van der Waals surface area (Å²) in [6, 6.07) is 5.11. The molecule has 2 rings (SSSR count). The second-order valence-electron chi connectivity index (χ2n) is 4.83. The van der Waals surface area contributed by atoms with Gasteiger partial charge in [0.25, 0.3) is 0 Å². The van der Waals surface area contributed by atoms with Crippen molar-refractivity contribution < 1.29 is 4.39 Å². The Bertz CT molecular complexity index is 538. The third-order valence-electron chi connectivity index (χ3n) is 2.66. The van der Waals surface area contributed by atoms with E-state index in [2.05, 4.69) is 4.98 Å². The van der Waals surface area contributed by atoms with Gasteiger partial charge in [0.1, 0.15) is 5.82 Å². The molecule has 0 aliphatic heterocycles. The summed E-state index contributed by atoms with van der Waals surface area (Å²) in [5.74, 6) is -0.270. The van der Waals surface area contributed by atoms with Gasteiger partial charge in [0.15, 0.2) is 0 Å². The molecule has 2 aromatic rings. The second kappa shape index (κ2) is 3.96. The Morgan fingerprint density at radius 1 is 1.35 bits per heavy atom. The van der Waals surface area contributed by atoms with Crippen LogP contribution in [0.25, 0.3) is 5.69 Å². The van der Waals surface area contributed by atoms with Crippen molar-refractivity contribution in [2.24, 2.45) is 5.73 Å². The van der Waals surface area contributed by atoms with Crippen molar-refractivity contribution in [3.05, 3.63) is 47.8 Å². The smallest absolute Gasteiger partial charge is 0.147 e. The molecule has 0 aliphatic rings. The van der Waals surface area contributed by atoms with E-state index < -0.39 is 5.54 Å². The van der Waals surface area contributed by atoms with Crippen molar-refractivity contribution in [3.63, 3.8) is 0 Å². The molecule has 0 unspecified atom stereocenters. The number of benzene rings is 1. The number of hydrogen-bond acceptors (Lipinski definition) is 2. The number of aromatic nitrogens is 2. The molecule has 0 atom stereocenters. The standard InChI is InChI=1S/C13H16FN3/c1-9-4-5-11(10(14)6-9)17-8-16-7-12(17)13(2,3)15/h4-8H,15H2,1-3H3. The van der Waals surface area contributed by atoms with Crippen LogP contribution in [-0.2, 0) is 5.54 Å². The third-order valence-corrected chi connectivity index (χ3v) is 2.66. The van der Waals surface area contributed by atoms with Gasteiger partial charge in [-0.25, -0.2) is 9.37 Å². The zero-order valence-electron chi connectivity index (χ0n) is 10.2. The summed E-state index contributed by atoms with van der Waals surface area (Å²) < 4.78 is 15.6. The first-order valence-electron chi connectivity index (χ1n) is 5.48. The summed E-state index contributed by atoms with van der Waals surface area (Å²) in [7, 11) is 0. The Morgan fingerprint density at radius 3 is 2.65 bits per heavy atom. The van der Waals surface area contributed by atoms with Crippen molar-refractivity contribution >= 4 is 0 Å². The minimum atomic E-state index is -0.562. The van der Waals surface area contributed by atoms with Crippen LogP contribution in [-0.4, -0.2) is 9.55 Å². The van der Waals surface area contributed by atoms with Gasteiger partial charge in [0, 0.05) is 0 Å². The lowest BCUT2D eigenvalue weighted by molar-refractivity contribution is 0.519. The summed E-state index contributed by atoms with van der Waals surface area (Å²) in [5.41, 5.74) is 7.61. The largest absolute Gasteiger partial charge is 0.321 e. The van der Waals surface area contributed by atoms with Crippen molar-refractivity contribution in [1.29, 1.82) is 0 Å². The minimum absolute atomic E-state index is 0.270. The van der Waals surface area contributed by atoms with Crippen LogP contribution in [0.2, 0.25) is 0 Å². The first-order valence-corrected chi connectivity index (χ1v) is 5.48. The van der Waals surface area contributed by atoms with E-state index in [1.807, 2.05) is 26.8 Å². The number of nitrogens with zero attached hydrogens (tertiary/aromatic N) is 2. The molecule has 0 aliphatic carbocycles. The van der Waals surface area contributed by atoms with Gasteiger partial charge < -0.3 is 5.73 Å². The van der Waals surface area contributed by atoms with Crippen molar-refractivity contribution in [2.45, 2.75) is 26.3 Å². The Balaban J connectivity index is 2.58. The molecule has 3 nitrogen and oxygen atoms in total. The third kappa shape index (κ3) is 2.22. The summed E-state index contributed by atoms with van der Waals surface area (Å²) in [5, 5.41) is 0.